The third-order valence-electron chi connectivity index (χ3n) is 4.59. The molecule has 0 aromatic heterocycles. The average Bonchev–Trinajstić information content (AvgIpc) is 2.58. The van der Waals surface area contributed by atoms with Gasteiger partial charge in [-0.05, 0) is 63.1 Å². The van der Waals surface area contributed by atoms with E-state index in [1.165, 1.54) is 31.4 Å². The minimum Gasteiger partial charge on any atom is -0.497 e. The molecule has 1 aromatic carbocycles. The molecule has 0 radical (unpaired) electrons. The number of benzene rings is 1. The van der Waals surface area contributed by atoms with E-state index in [0.717, 1.165) is 24.0 Å². The number of hydrogen-bond acceptors (Lipinski definition) is 3. The van der Waals surface area contributed by atoms with Crippen molar-refractivity contribution in [3.8, 4) is 5.75 Å². The van der Waals surface area contributed by atoms with E-state index in [-0.39, 0.29) is 0 Å². The van der Waals surface area contributed by atoms with Gasteiger partial charge in [-0.15, -0.1) is 0 Å². The standard InChI is InChI=1S/C18H29N3OS/c1-14-6-4-5-11-21(14)15(2)12-19-18(23)20-13-16-7-9-17(22-3)10-8-16/h7-10,14-15H,4-6,11-13H2,1-3H3,(H2,19,20,23)/t14-,15+/m0/s1. The Bertz CT molecular complexity index is 492. The fourth-order valence-corrected chi connectivity index (χ4v) is 3.28. The molecule has 0 unspecified atom stereocenters. The van der Waals surface area contributed by atoms with Crippen LogP contribution in [-0.2, 0) is 6.54 Å². The summed E-state index contributed by atoms with van der Waals surface area (Å²) in [6.07, 6.45) is 3.99. The maximum Gasteiger partial charge on any atom is 0.166 e. The summed E-state index contributed by atoms with van der Waals surface area (Å²) in [5, 5.41) is 7.33. The van der Waals surface area contributed by atoms with Crippen LogP contribution in [0.25, 0.3) is 0 Å². The Labute approximate surface area is 145 Å². The fraction of sp³-hybridized carbons (Fsp3) is 0.611. The van der Waals surface area contributed by atoms with Crippen molar-refractivity contribution >= 4 is 17.3 Å². The smallest absolute Gasteiger partial charge is 0.166 e. The Morgan fingerprint density at radius 1 is 1.30 bits per heavy atom. The highest BCUT2D eigenvalue weighted by Gasteiger charge is 2.22. The SMILES string of the molecule is COc1ccc(CNC(=S)NC[C@@H](C)N2CCCC[C@@H]2C)cc1. The highest BCUT2D eigenvalue weighted by molar-refractivity contribution is 7.80. The van der Waals surface area contributed by atoms with Crippen LogP contribution < -0.4 is 15.4 Å². The van der Waals surface area contributed by atoms with Crippen molar-refractivity contribution < 1.29 is 4.74 Å². The van der Waals surface area contributed by atoms with Crippen LogP contribution in [0, 0.1) is 0 Å². The topological polar surface area (TPSA) is 36.5 Å². The number of thiocarbonyl (C=S) groups is 1. The first-order chi connectivity index (χ1) is 11.1. The highest BCUT2D eigenvalue weighted by Crippen LogP contribution is 2.18. The zero-order valence-corrected chi connectivity index (χ0v) is 15.3. The van der Waals surface area contributed by atoms with Crippen LogP contribution in [-0.4, -0.2) is 42.3 Å². The van der Waals surface area contributed by atoms with Gasteiger partial charge in [-0.3, -0.25) is 4.90 Å². The van der Waals surface area contributed by atoms with Gasteiger partial charge in [0, 0.05) is 25.2 Å². The highest BCUT2D eigenvalue weighted by atomic mass is 32.1. The Morgan fingerprint density at radius 3 is 2.70 bits per heavy atom. The molecule has 0 bridgehead atoms. The number of rotatable bonds is 6. The zero-order chi connectivity index (χ0) is 16.7. The van der Waals surface area contributed by atoms with Gasteiger partial charge in [0.15, 0.2) is 5.11 Å². The average molecular weight is 336 g/mol. The van der Waals surface area contributed by atoms with Crippen LogP contribution >= 0.6 is 12.2 Å². The van der Waals surface area contributed by atoms with E-state index < -0.39 is 0 Å². The van der Waals surface area contributed by atoms with E-state index in [0.29, 0.717) is 12.1 Å². The second kappa shape index (κ2) is 9.08. The van der Waals surface area contributed by atoms with Gasteiger partial charge < -0.3 is 15.4 Å². The predicted molar refractivity (Wildman–Crippen MR) is 99.9 cm³/mol. The summed E-state index contributed by atoms with van der Waals surface area (Å²) in [5.74, 6) is 0.874. The predicted octanol–water partition coefficient (Wildman–Crippen LogP) is 2.92. The molecule has 2 atom stereocenters. The second-order valence-electron chi connectivity index (χ2n) is 6.34. The molecule has 2 N–H and O–H groups in total. The summed E-state index contributed by atoms with van der Waals surface area (Å²) in [6, 6.07) is 9.21. The Hall–Kier alpha value is -1.33. The van der Waals surface area contributed by atoms with Gasteiger partial charge in [0.1, 0.15) is 5.75 Å². The maximum absolute atomic E-state index is 5.39. The van der Waals surface area contributed by atoms with Crippen LogP contribution in [0.2, 0.25) is 0 Å². The molecule has 1 aliphatic heterocycles. The number of nitrogens with zero attached hydrogens (tertiary/aromatic N) is 1. The fourth-order valence-electron chi connectivity index (χ4n) is 3.12. The molecule has 1 heterocycles. The summed E-state index contributed by atoms with van der Waals surface area (Å²) in [5.41, 5.74) is 1.19. The van der Waals surface area contributed by atoms with Gasteiger partial charge in [-0.25, -0.2) is 0 Å². The van der Waals surface area contributed by atoms with Gasteiger partial charge in [0.2, 0.25) is 0 Å². The monoisotopic (exact) mass is 335 g/mol. The number of hydrogen-bond donors (Lipinski definition) is 2. The first-order valence-corrected chi connectivity index (χ1v) is 8.91. The number of methoxy groups -OCH3 is 1. The van der Waals surface area contributed by atoms with E-state index in [1.807, 2.05) is 24.3 Å². The Balaban J connectivity index is 1.69. The van der Waals surface area contributed by atoms with Gasteiger partial charge in [-0.1, -0.05) is 18.6 Å². The minimum atomic E-state index is 0.506. The number of ether oxygens (including phenoxy) is 1. The molecule has 0 aliphatic carbocycles. The van der Waals surface area contributed by atoms with E-state index in [4.69, 9.17) is 17.0 Å². The molecular formula is C18H29N3OS. The molecule has 1 aromatic rings. The third-order valence-corrected chi connectivity index (χ3v) is 4.88. The molecule has 0 saturated carbocycles. The molecule has 4 nitrogen and oxygen atoms in total. The van der Waals surface area contributed by atoms with E-state index in [9.17, 15) is 0 Å². The summed E-state index contributed by atoms with van der Waals surface area (Å²) in [4.78, 5) is 2.59. The molecule has 2 rings (SSSR count). The maximum atomic E-state index is 5.39. The first-order valence-electron chi connectivity index (χ1n) is 8.50. The lowest BCUT2D eigenvalue weighted by atomic mass is 10.0. The van der Waals surface area contributed by atoms with Crippen molar-refractivity contribution in [2.75, 3.05) is 20.2 Å². The number of piperidine rings is 1. The van der Waals surface area contributed by atoms with Gasteiger partial charge in [0.25, 0.3) is 0 Å². The lowest BCUT2D eigenvalue weighted by molar-refractivity contribution is 0.116. The molecule has 5 heteroatoms. The summed E-state index contributed by atoms with van der Waals surface area (Å²) in [6.45, 7) is 7.43. The van der Waals surface area contributed by atoms with Crippen molar-refractivity contribution in [3.05, 3.63) is 29.8 Å². The summed E-state index contributed by atoms with van der Waals surface area (Å²) >= 11 is 5.39. The van der Waals surface area contributed by atoms with Crippen molar-refractivity contribution in [2.45, 2.75) is 51.7 Å². The molecule has 128 valence electrons. The second-order valence-corrected chi connectivity index (χ2v) is 6.75. The third kappa shape index (κ3) is 5.66. The molecular weight excluding hydrogens is 306 g/mol. The van der Waals surface area contributed by atoms with Crippen LogP contribution in [0.15, 0.2) is 24.3 Å². The van der Waals surface area contributed by atoms with Crippen molar-refractivity contribution in [1.82, 2.24) is 15.5 Å². The van der Waals surface area contributed by atoms with Gasteiger partial charge >= 0.3 is 0 Å². The molecule has 1 aliphatic rings. The quantitative estimate of drug-likeness (QED) is 0.782. The first kappa shape index (κ1) is 18.0. The van der Waals surface area contributed by atoms with Crippen LogP contribution in [0.5, 0.6) is 5.75 Å². The van der Waals surface area contributed by atoms with Gasteiger partial charge in [0.05, 0.1) is 7.11 Å². The van der Waals surface area contributed by atoms with Crippen LogP contribution in [0.3, 0.4) is 0 Å². The van der Waals surface area contributed by atoms with E-state index in [1.54, 1.807) is 7.11 Å². The Kier molecular flexibility index (Phi) is 7.12. The molecule has 1 saturated heterocycles. The van der Waals surface area contributed by atoms with E-state index in [2.05, 4.69) is 29.4 Å². The van der Waals surface area contributed by atoms with E-state index >= 15 is 0 Å². The minimum absolute atomic E-state index is 0.506. The lowest BCUT2D eigenvalue weighted by Gasteiger charge is -2.38. The molecule has 23 heavy (non-hydrogen) atoms. The van der Waals surface area contributed by atoms with Crippen LogP contribution in [0.4, 0.5) is 0 Å². The normalized spacial score (nSPS) is 19.9. The zero-order valence-electron chi connectivity index (χ0n) is 14.5. The number of nitrogens with one attached hydrogen (secondary N) is 2. The van der Waals surface area contributed by atoms with Crippen LogP contribution in [0.1, 0.15) is 38.7 Å². The van der Waals surface area contributed by atoms with Gasteiger partial charge in [-0.2, -0.15) is 0 Å². The molecule has 1 fully saturated rings. The molecule has 0 spiro atoms. The molecule has 0 amide bonds. The largest absolute Gasteiger partial charge is 0.497 e. The summed E-state index contributed by atoms with van der Waals surface area (Å²) in [7, 11) is 1.68. The Morgan fingerprint density at radius 2 is 2.04 bits per heavy atom. The number of likely N-dealkylation sites (tertiary alicyclic amines) is 1. The summed E-state index contributed by atoms with van der Waals surface area (Å²) < 4.78 is 5.16. The lowest BCUT2D eigenvalue weighted by Crippen LogP contribution is -2.49. The van der Waals surface area contributed by atoms with Crippen molar-refractivity contribution in [2.24, 2.45) is 0 Å². The van der Waals surface area contributed by atoms with Crippen molar-refractivity contribution in [3.63, 3.8) is 0 Å². The van der Waals surface area contributed by atoms with Crippen molar-refractivity contribution in [1.29, 1.82) is 0 Å².